The van der Waals surface area contributed by atoms with E-state index in [1.54, 1.807) is 6.08 Å². The van der Waals surface area contributed by atoms with Crippen molar-refractivity contribution in [3.63, 3.8) is 0 Å². The molecular weight excluding hydrogens is 182 g/mol. The highest BCUT2D eigenvalue weighted by molar-refractivity contribution is 5.46. The molecule has 0 saturated heterocycles. The van der Waals surface area contributed by atoms with Gasteiger partial charge in [-0.05, 0) is 0 Å². The van der Waals surface area contributed by atoms with Crippen LogP contribution in [0.5, 0.6) is 0 Å². The van der Waals surface area contributed by atoms with Crippen molar-refractivity contribution in [2.24, 2.45) is 0 Å². The molecule has 3 N–H and O–H groups in total. The number of hydrogen-bond donors (Lipinski definition) is 2. The molecule has 6 nitrogen and oxygen atoms in total. The van der Waals surface area contributed by atoms with Crippen LogP contribution in [0.2, 0.25) is 0 Å². The van der Waals surface area contributed by atoms with Gasteiger partial charge in [0.05, 0.1) is 5.69 Å². The summed E-state index contributed by atoms with van der Waals surface area (Å²) >= 11 is 0. The number of imidazole rings is 1. The largest absolute Gasteiger partial charge is 0.369 e. The van der Waals surface area contributed by atoms with Gasteiger partial charge >= 0.3 is 5.69 Å². The highest BCUT2D eigenvalue weighted by atomic mass is 16.1. The van der Waals surface area contributed by atoms with E-state index in [1.165, 1.54) is 10.7 Å². The minimum absolute atomic E-state index is 0.0910. The molecule has 0 unspecified atom stereocenters. The molecule has 0 amide bonds. The number of rotatable bonds is 2. The Kier molecular flexibility index (Phi) is 1.81. The van der Waals surface area contributed by atoms with Crippen LogP contribution < -0.4 is 11.4 Å². The standard InChI is InChI=1S/C8H9N5O/c1-2-3-5-6-11-7(9)12-8(14)13(6)4-10-5/h2,4H,1,3H2,(H3,9,11,12,14). The number of aromatic nitrogens is 4. The van der Waals surface area contributed by atoms with Crippen LogP contribution >= 0.6 is 0 Å². The first-order chi connectivity index (χ1) is 6.72. The molecule has 0 radical (unpaired) electrons. The van der Waals surface area contributed by atoms with Crippen molar-refractivity contribution in [3.05, 3.63) is 35.2 Å². The molecule has 6 heteroatoms. The van der Waals surface area contributed by atoms with Crippen LogP contribution in [0.15, 0.2) is 23.8 Å². The van der Waals surface area contributed by atoms with Gasteiger partial charge in [-0.25, -0.2) is 14.2 Å². The van der Waals surface area contributed by atoms with Crippen LogP contribution in [-0.4, -0.2) is 19.4 Å². The van der Waals surface area contributed by atoms with E-state index in [0.29, 0.717) is 17.8 Å². The lowest BCUT2D eigenvalue weighted by molar-refractivity contribution is 0.958. The quantitative estimate of drug-likeness (QED) is 0.639. The predicted octanol–water partition coefficient (Wildman–Crippen LogP) is -0.272. The van der Waals surface area contributed by atoms with Gasteiger partial charge in [0.25, 0.3) is 0 Å². The van der Waals surface area contributed by atoms with Gasteiger partial charge < -0.3 is 5.73 Å². The average molecular weight is 191 g/mol. The van der Waals surface area contributed by atoms with Crippen LogP contribution in [0, 0.1) is 0 Å². The molecule has 0 aliphatic rings. The summed E-state index contributed by atoms with van der Waals surface area (Å²) in [7, 11) is 0. The maximum atomic E-state index is 11.3. The lowest BCUT2D eigenvalue weighted by Crippen LogP contribution is -2.18. The number of hydrogen-bond acceptors (Lipinski definition) is 4. The number of nitrogens with one attached hydrogen (secondary N) is 1. The van der Waals surface area contributed by atoms with Crippen molar-refractivity contribution in [1.29, 1.82) is 0 Å². The summed E-state index contributed by atoms with van der Waals surface area (Å²) in [6, 6.07) is 0. The molecule has 72 valence electrons. The van der Waals surface area contributed by atoms with Crippen molar-refractivity contribution in [2.45, 2.75) is 6.42 Å². The Morgan fingerprint density at radius 3 is 3.21 bits per heavy atom. The maximum Gasteiger partial charge on any atom is 0.335 e. The van der Waals surface area contributed by atoms with E-state index in [4.69, 9.17) is 5.73 Å². The smallest absolute Gasteiger partial charge is 0.335 e. The molecule has 0 fully saturated rings. The molecule has 2 aromatic rings. The monoisotopic (exact) mass is 191 g/mol. The summed E-state index contributed by atoms with van der Waals surface area (Å²) in [5.74, 6) is 0.0910. The second-order valence-corrected chi connectivity index (χ2v) is 2.80. The summed E-state index contributed by atoms with van der Waals surface area (Å²) < 4.78 is 1.31. The fourth-order valence-corrected chi connectivity index (χ4v) is 1.24. The molecule has 2 aromatic heterocycles. The van der Waals surface area contributed by atoms with E-state index >= 15 is 0 Å². The third kappa shape index (κ3) is 1.17. The van der Waals surface area contributed by atoms with Gasteiger partial charge in [-0.1, -0.05) is 6.08 Å². The molecule has 0 aliphatic heterocycles. The van der Waals surface area contributed by atoms with Gasteiger partial charge in [0.2, 0.25) is 5.95 Å². The SMILES string of the molecule is C=CCc1ncn2c(=O)[nH]c(N)nc12. The Morgan fingerprint density at radius 2 is 2.50 bits per heavy atom. The van der Waals surface area contributed by atoms with Gasteiger partial charge in [-0.15, -0.1) is 6.58 Å². The van der Waals surface area contributed by atoms with Gasteiger partial charge in [-0.3, -0.25) is 4.98 Å². The molecule has 0 aliphatic carbocycles. The summed E-state index contributed by atoms with van der Waals surface area (Å²) in [5.41, 5.74) is 6.25. The second kappa shape index (κ2) is 2.99. The summed E-state index contributed by atoms with van der Waals surface area (Å²) in [5, 5.41) is 0. The lowest BCUT2D eigenvalue weighted by Gasteiger charge is -1.95. The van der Waals surface area contributed by atoms with Crippen LogP contribution in [0.4, 0.5) is 5.95 Å². The van der Waals surface area contributed by atoms with Crippen molar-refractivity contribution in [1.82, 2.24) is 19.4 Å². The highest BCUT2D eigenvalue weighted by Gasteiger charge is 2.07. The number of nitrogen functional groups attached to an aromatic ring is 1. The van der Waals surface area contributed by atoms with Gasteiger partial charge in [-0.2, -0.15) is 4.98 Å². The van der Waals surface area contributed by atoms with Crippen molar-refractivity contribution in [3.8, 4) is 0 Å². The van der Waals surface area contributed by atoms with E-state index in [2.05, 4.69) is 21.5 Å². The Morgan fingerprint density at radius 1 is 1.71 bits per heavy atom. The second-order valence-electron chi connectivity index (χ2n) is 2.80. The summed E-state index contributed by atoms with van der Waals surface area (Å²) in [6.45, 7) is 3.59. The Labute approximate surface area is 79.1 Å². The molecular formula is C8H9N5O. The fraction of sp³-hybridized carbons (Fsp3) is 0.125. The van der Waals surface area contributed by atoms with E-state index in [-0.39, 0.29) is 11.6 Å². The van der Waals surface area contributed by atoms with Gasteiger partial charge in [0.1, 0.15) is 6.33 Å². The molecule has 0 saturated carbocycles. The first kappa shape index (κ1) is 8.49. The number of nitrogens with two attached hydrogens (primary N) is 1. The normalized spacial score (nSPS) is 10.6. The van der Waals surface area contributed by atoms with Gasteiger partial charge in [0.15, 0.2) is 5.65 Å². The van der Waals surface area contributed by atoms with Crippen molar-refractivity contribution >= 4 is 11.6 Å². The zero-order valence-electron chi connectivity index (χ0n) is 7.40. The Hall–Kier alpha value is -2.11. The fourth-order valence-electron chi connectivity index (χ4n) is 1.24. The molecule has 0 bridgehead atoms. The molecule has 14 heavy (non-hydrogen) atoms. The highest BCUT2D eigenvalue weighted by Crippen LogP contribution is 2.05. The minimum atomic E-state index is -0.338. The zero-order chi connectivity index (χ0) is 10.1. The van der Waals surface area contributed by atoms with Crippen LogP contribution in [0.3, 0.4) is 0 Å². The van der Waals surface area contributed by atoms with E-state index in [1.807, 2.05) is 0 Å². The van der Waals surface area contributed by atoms with Crippen molar-refractivity contribution < 1.29 is 0 Å². The number of anilines is 1. The average Bonchev–Trinajstić information content (AvgIpc) is 2.49. The molecule has 2 rings (SSSR count). The number of allylic oxidation sites excluding steroid dienone is 1. The molecule has 0 atom stereocenters. The summed E-state index contributed by atoms with van der Waals surface area (Å²) in [4.78, 5) is 21.7. The number of aromatic amines is 1. The van der Waals surface area contributed by atoms with Crippen molar-refractivity contribution in [2.75, 3.05) is 5.73 Å². The van der Waals surface area contributed by atoms with Crippen LogP contribution in [0.1, 0.15) is 5.69 Å². The molecule has 0 aromatic carbocycles. The first-order valence-electron chi connectivity index (χ1n) is 4.05. The summed E-state index contributed by atoms with van der Waals surface area (Å²) in [6.07, 6.45) is 3.67. The zero-order valence-corrected chi connectivity index (χ0v) is 7.40. The topological polar surface area (TPSA) is 89.1 Å². The third-order valence-corrected chi connectivity index (χ3v) is 1.83. The minimum Gasteiger partial charge on any atom is -0.369 e. The number of fused-ring (bicyclic) bond motifs is 1. The Balaban J connectivity index is 2.78. The van der Waals surface area contributed by atoms with Crippen LogP contribution in [-0.2, 0) is 6.42 Å². The maximum absolute atomic E-state index is 11.3. The third-order valence-electron chi connectivity index (χ3n) is 1.83. The van der Waals surface area contributed by atoms with Crippen LogP contribution in [0.25, 0.3) is 5.65 Å². The molecule has 0 spiro atoms. The number of nitrogens with zero attached hydrogens (tertiary/aromatic N) is 3. The van der Waals surface area contributed by atoms with E-state index in [0.717, 1.165) is 0 Å². The van der Waals surface area contributed by atoms with E-state index in [9.17, 15) is 4.79 Å². The predicted molar refractivity (Wildman–Crippen MR) is 51.9 cm³/mol. The Bertz CT molecular complexity index is 538. The first-order valence-corrected chi connectivity index (χ1v) is 4.05. The lowest BCUT2D eigenvalue weighted by atomic mass is 10.3. The number of H-pyrrole nitrogens is 1. The van der Waals surface area contributed by atoms with Gasteiger partial charge in [0, 0.05) is 6.42 Å². The van der Waals surface area contributed by atoms with E-state index < -0.39 is 0 Å². The molecule has 2 heterocycles.